The summed E-state index contributed by atoms with van der Waals surface area (Å²) in [5.41, 5.74) is 0.125. The predicted octanol–water partition coefficient (Wildman–Crippen LogP) is 2.68. The van der Waals surface area contributed by atoms with Gasteiger partial charge in [0, 0.05) is 11.6 Å². The van der Waals surface area contributed by atoms with Gasteiger partial charge in [-0.15, -0.1) is 0 Å². The fraction of sp³-hybridized carbons (Fsp3) is 0.438. The number of fused-ring (bicyclic) bond motifs is 1. The summed E-state index contributed by atoms with van der Waals surface area (Å²) in [6.45, 7) is 7.86. The van der Waals surface area contributed by atoms with Crippen LogP contribution >= 0.6 is 0 Å². The minimum atomic E-state index is -0.642. The first-order valence-corrected chi connectivity index (χ1v) is 7.23. The van der Waals surface area contributed by atoms with Gasteiger partial charge in [0.25, 0.3) is 0 Å². The third-order valence-electron chi connectivity index (χ3n) is 4.54. The molecule has 116 valence electrons. The fourth-order valence-corrected chi connectivity index (χ4v) is 2.57. The van der Waals surface area contributed by atoms with Crippen molar-refractivity contribution in [2.45, 2.75) is 38.9 Å². The lowest BCUT2D eigenvalue weighted by Gasteiger charge is -2.32. The minimum Gasteiger partial charge on any atom is -0.491 e. The van der Waals surface area contributed by atoms with Crippen LogP contribution in [0.4, 0.5) is 4.39 Å². The molecule has 0 radical (unpaired) electrons. The Balaban J connectivity index is 2.17. The van der Waals surface area contributed by atoms with Gasteiger partial charge in [0.15, 0.2) is 11.6 Å². The molecule has 22 heavy (non-hydrogen) atoms. The highest BCUT2D eigenvalue weighted by Crippen LogP contribution is 2.37. The third kappa shape index (κ3) is 2.18. The molecule has 3 rings (SSSR count). The molecule has 1 fully saturated rings. The molecule has 2 heterocycles. The van der Waals surface area contributed by atoms with E-state index in [-0.39, 0.29) is 5.75 Å². The van der Waals surface area contributed by atoms with Gasteiger partial charge in [-0.2, -0.15) is 0 Å². The standard InChI is InChI=1S/C16H19BFNO3/c1-15(2)16(3,4)22-17(21-15)11-9-12(18)14(20-5)13-10(11)7-6-8-19-13/h6-9H,1-5H3. The van der Waals surface area contributed by atoms with Crippen LogP contribution in [0, 0.1) is 5.82 Å². The average Bonchev–Trinajstić information content (AvgIpc) is 2.66. The van der Waals surface area contributed by atoms with Gasteiger partial charge in [0.1, 0.15) is 5.52 Å². The van der Waals surface area contributed by atoms with Gasteiger partial charge in [0.05, 0.1) is 18.3 Å². The van der Waals surface area contributed by atoms with E-state index in [2.05, 4.69) is 4.98 Å². The number of rotatable bonds is 2. The number of benzene rings is 1. The van der Waals surface area contributed by atoms with Crippen molar-refractivity contribution in [3.8, 4) is 5.75 Å². The zero-order valence-electron chi connectivity index (χ0n) is 13.4. The Kier molecular flexibility index (Phi) is 3.42. The molecule has 0 atom stereocenters. The van der Waals surface area contributed by atoms with Crippen molar-refractivity contribution in [2.75, 3.05) is 7.11 Å². The van der Waals surface area contributed by atoms with Crippen LogP contribution in [0.3, 0.4) is 0 Å². The predicted molar refractivity (Wildman–Crippen MR) is 84.0 cm³/mol. The van der Waals surface area contributed by atoms with Gasteiger partial charge >= 0.3 is 7.12 Å². The molecule has 0 aliphatic carbocycles. The van der Waals surface area contributed by atoms with E-state index in [0.717, 1.165) is 5.39 Å². The van der Waals surface area contributed by atoms with Gasteiger partial charge in [0.2, 0.25) is 0 Å². The molecule has 0 amide bonds. The molecule has 1 aromatic carbocycles. The van der Waals surface area contributed by atoms with Gasteiger partial charge in [-0.05, 0) is 45.3 Å². The number of halogens is 1. The zero-order valence-corrected chi connectivity index (χ0v) is 13.4. The molecule has 0 spiro atoms. The van der Waals surface area contributed by atoms with Gasteiger partial charge in [-0.3, -0.25) is 4.98 Å². The summed E-state index contributed by atoms with van der Waals surface area (Å²) >= 11 is 0. The SMILES string of the molecule is COc1c(F)cc(B2OC(C)(C)C(C)(C)O2)c2cccnc12. The van der Waals surface area contributed by atoms with Crippen LogP contribution in [0.15, 0.2) is 24.4 Å². The van der Waals surface area contributed by atoms with E-state index in [4.69, 9.17) is 14.0 Å². The van der Waals surface area contributed by atoms with E-state index in [9.17, 15) is 4.39 Å². The zero-order chi connectivity index (χ0) is 16.1. The second-order valence-electron chi connectivity index (χ2n) is 6.47. The minimum absolute atomic E-state index is 0.135. The fourth-order valence-electron chi connectivity index (χ4n) is 2.57. The quantitative estimate of drug-likeness (QED) is 0.800. The molecule has 0 unspecified atom stereocenters. The van der Waals surface area contributed by atoms with Crippen LogP contribution in [0.2, 0.25) is 0 Å². The molecule has 0 bridgehead atoms. The number of pyridine rings is 1. The van der Waals surface area contributed by atoms with Gasteiger partial charge in [-0.25, -0.2) is 4.39 Å². The molecule has 0 saturated carbocycles. The summed E-state index contributed by atoms with van der Waals surface area (Å²) < 4.78 is 31.5. The third-order valence-corrected chi connectivity index (χ3v) is 4.54. The molecule has 6 heteroatoms. The Labute approximate surface area is 129 Å². The number of methoxy groups -OCH3 is 1. The Morgan fingerprint density at radius 3 is 2.41 bits per heavy atom. The first kappa shape index (κ1) is 15.2. The summed E-state index contributed by atoms with van der Waals surface area (Å²) in [5, 5.41) is 0.763. The number of hydrogen-bond donors (Lipinski definition) is 0. The maximum Gasteiger partial charge on any atom is 0.495 e. The van der Waals surface area contributed by atoms with Crippen molar-refractivity contribution in [1.82, 2.24) is 4.98 Å². The second kappa shape index (κ2) is 4.93. The smallest absolute Gasteiger partial charge is 0.491 e. The van der Waals surface area contributed by atoms with Crippen LogP contribution in [-0.2, 0) is 9.31 Å². The largest absolute Gasteiger partial charge is 0.495 e. The molecular weight excluding hydrogens is 284 g/mol. The van der Waals surface area contributed by atoms with Crippen molar-refractivity contribution in [2.24, 2.45) is 0 Å². The first-order valence-electron chi connectivity index (χ1n) is 7.23. The lowest BCUT2D eigenvalue weighted by Crippen LogP contribution is -2.41. The lowest BCUT2D eigenvalue weighted by atomic mass is 9.76. The molecule has 2 aromatic rings. The van der Waals surface area contributed by atoms with Crippen LogP contribution in [0.5, 0.6) is 5.75 Å². The van der Waals surface area contributed by atoms with E-state index in [1.807, 2.05) is 33.8 Å². The summed E-state index contributed by atoms with van der Waals surface area (Å²) in [7, 11) is 0.790. The molecule has 0 N–H and O–H groups in total. The van der Waals surface area contributed by atoms with Crippen molar-refractivity contribution in [3.63, 3.8) is 0 Å². The van der Waals surface area contributed by atoms with Crippen LogP contribution < -0.4 is 10.2 Å². The van der Waals surface area contributed by atoms with Gasteiger partial charge < -0.3 is 14.0 Å². The number of ether oxygens (including phenoxy) is 1. The number of aromatic nitrogens is 1. The summed E-state index contributed by atoms with van der Waals surface area (Å²) in [6, 6.07) is 5.07. The van der Waals surface area contributed by atoms with E-state index < -0.39 is 24.1 Å². The van der Waals surface area contributed by atoms with Crippen LogP contribution in [0.1, 0.15) is 27.7 Å². The lowest BCUT2D eigenvalue weighted by molar-refractivity contribution is 0.00578. The Hall–Kier alpha value is -1.66. The summed E-state index contributed by atoms with van der Waals surface area (Å²) in [4.78, 5) is 4.24. The first-order chi connectivity index (χ1) is 10.3. The highest BCUT2D eigenvalue weighted by molar-refractivity contribution is 6.65. The Morgan fingerprint density at radius 2 is 1.82 bits per heavy atom. The topological polar surface area (TPSA) is 40.6 Å². The van der Waals surface area contributed by atoms with E-state index in [1.54, 1.807) is 12.3 Å². The maximum absolute atomic E-state index is 14.3. The average molecular weight is 303 g/mol. The Morgan fingerprint density at radius 1 is 1.18 bits per heavy atom. The summed E-state index contributed by atoms with van der Waals surface area (Å²) in [6.07, 6.45) is 1.61. The monoisotopic (exact) mass is 303 g/mol. The highest BCUT2D eigenvalue weighted by atomic mass is 19.1. The molecule has 1 aliphatic heterocycles. The Bertz CT molecular complexity index is 717. The normalized spacial score (nSPS) is 19.6. The van der Waals surface area contributed by atoms with Crippen molar-refractivity contribution >= 4 is 23.5 Å². The maximum atomic E-state index is 14.3. The van der Waals surface area contributed by atoms with Crippen molar-refractivity contribution < 1.29 is 18.4 Å². The highest BCUT2D eigenvalue weighted by Gasteiger charge is 2.52. The number of nitrogens with zero attached hydrogens (tertiary/aromatic N) is 1. The number of hydrogen-bond acceptors (Lipinski definition) is 4. The van der Waals surface area contributed by atoms with Crippen molar-refractivity contribution in [3.05, 3.63) is 30.2 Å². The van der Waals surface area contributed by atoms with E-state index in [0.29, 0.717) is 11.0 Å². The van der Waals surface area contributed by atoms with E-state index in [1.165, 1.54) is 13.2 Å². The van der Waals surface area contributed by atoms with Crippen molar-refractivity contribution in [1.29, 1.82) is 0 Å². The summed E-state index contributed by atoms with van der Waals surface area (Å²) in [5.74, 6) is -0.339. The molecule has 1 aromatic heterocycles. The van der Waals surface area contributed by atoms with E-state index >= 15 is 0 Å². The molecule has 4 nitrogen and oxygen atoms in total. The van der Waals surface area contributed by atoms with Crippen LogP contribution in [-0.4, -0.2) is 30.4 Å². The molecule has 1 saturated heterocycles. The van der Waals surface area contributed by atoms with Gasteiger partial charge in [-0.1, -0.05) is 6.07 Å². The molecule has 1 aliphatic rings. The molecular formula is C16H19BFNO3. The second-order valence-corrected chi connectivity index (χ2v) is 6.47. The van der Waals surface area contributed by atoms with Crippen LogP contribution in [0.25, 0.3) is 10.9 Å².